The zero-order valence-corrected chi connectivity index (χ0v) is 26.2. The van der Waals surface area contributed by atoms with E-state index >= 15 is 0 Å². The van der Waals surface area contributed by atoms with Crippen LogP contribution in [0.25, 0.3) is 0 Å². The molecule has 2 aliphatic rings. The Morgan fingerprint density at radius 1 is 1.20 bits per heavy atom. The van der Waals surface area contributed by atoms with E-state index in [-0.39, 0.29) is 24.3 Å². The number of carbonyl (C=O) groups is 2. The van der Waals surface area contributed by atoms with Crippen molar-refractivity contribution in [1.29, 1.82) is 0 Å². The first-order valence-corrected chi connectivity index (χ1v) is 15.6. The van der Waals surface area contributed by atoms with Gasteiger partial charge >= 0.3 is 6.09 Å². The third-order valence-electron chi connectivity index (χ3n) is 7.79. The Bertz CT molecular complexity index is 1370. The third kappa shape index (κ3) is 6.39. The van der Waals surface area contributed by atoms with Gasteiger partial charge in [-0.25, -0.2) is 9.78 Å². The Morgan fingerprint density at radius 2 is 2.02 bits per heavy atom. The van der Waals surface area contributed by atoms with Crippen molar-refractivity contribution < 1.29 is 14.3 Å². The zero-order valence-electron chi connectivity index (χ0n) is 22.3. The van der Waals surface area contributed by atoms with Crippen LogP contribution < -0.4 is 5.32 Å². The number of nitrogens with one attached hydrogen (secondary N) is 1. The number of amides is 2. The molecule has 0 radical (unpaired) electrons. The molecule has 1 aliphatic heterocycles. The maximum atomic E-state index is 13.6. The van der Waals surface area contributed by atoms with E-state index in [9.17, 15) is 9.59 Å². The lowest BCUT2D eigenvalue weighted by Crippen LogP contribution is -2.54. The first kappa shape index (κ1) is 29.1. The molecule has 1 N–H and O–H groups in total. The summed E-state index contributed by atoms with van der Waals surface area (Å²) in [4.78, 5) is 37.1. The minimum absolute atomic E-state index is 0.0480. The number of pyridine rings is 1. The van der Waals surface area contributed by atoms with Crippen LogP contribution in [0.5, 0.6) is 0 Å². The molecular formula is C29H32Br2ClN5O3. The highest BCUT2D eigenvalue weighted by Crippen LogP contribution is 2.47. The van der Waals surface area contributed by atoms with Crippen LogP contribution in [-0.4, -0.2) is 57.2 Å². The second-order valence-corrected chi connectivity index (χ2v) is 12.5. The van der Waals surface area contributed by atoms with Gasteiger partial charge in [-0.05, 0) is 95.8 Å². The number of fused-ring (bicyclic) bond motifs is 2. The number of halogens is 3. The second kappa shape index (κ2) is 13.0. The van der Waals surface area contributed by atoms with Gasteiger partial charge in [-0.15, -0.1) is 0 Å². The molecule has 212 valence electrons. The van der Waals surface area contributed by atoms with Crippen molar-refractivity contribution >= 4 is 55.5 Å². The molecule has 5 rings (SSSR count). The van der Waals surface area contributed by atoms with E-state index in [0.29, 0.717) is 24.5 Å². The molecule has 2 aromatic heterocycles. The molecule has 11 heteroatoms. The number of carbonyl (C=O) groups excluding carboxylic acids is 2. The molecule has 40 heavy (non-hydrogen) atoms. The van der Waals surface area contributed by atoms with E-state index < -0.39 is 12.1 Å². The highest BCUT2D eigenvalue weighted by atomic mass is 79.9. The fraction of sp³-hybridized carbons (Fsp3) is 0.448. The molecular weight excluding hydrogens is 662 g/mol. The first-order valence-electron chi connectivity index (χ1n) is 13.6. The summed E-state index contributed by atoms with van der Waals surface area (Å²) in [6.45, 7) is 3.72. The molecule has 1 aliphatic carbocycles. The zero-order chi connectivity index (χ0) is 28.2. The number of hydrogen-bond acceptors (Lipinski definition) is 5. The van der Waals surface area contributed by atoms with Crippen molar-refractivity contribution in [2.45, 2.75) is 57.5 Å². The largest absolute Gasteiger partial charge is 0.450 e. The van der Waals surface area contributed by atoms with Gasteiger partial charge in [0, 0.05) is 58.1 Å². The van der Waals surface area contributed by atoms with Crippen LogP contribution in [0, 0.1) is 5.92 Å². The summed E-state index contributed by atoms with van der Waals surface area (Å²) in [5, 5.41) is 3.76. The van der Waals surface area contributed by atoms with Gasteiger partial charge in [-0.2, -0.15) is 0 Å². The fourth-order valence-electron chi connectivity index (χ4n) is 6.01. The average molecular weight is 694 g/mol. The standard InChI is InChI=1S/C29H32Br2ClN5O3/c1-2-40-29(39)37-10-6-19(14-24(37)28(38)34-7-3-9-36-11-8-33-17-36)26-25-18(13-22(32)15-23(25)31)4-5-20-12-21(30)16-35-27(20)26/h8,11-13,15-17,19,24,26H,2-7,9-10,14H2,1H3,(H,34,38)/t19?,24?,26-/m1/s1. The lowest BCUT2D eigenvalue weighted by atomic mass is 9.74. The van der Waals surface area contributed by atoms with Gasteiger partial charge in [0.25, 0.3) is 0 Å². The van der Waals surface area contributed by atoms with E-state index in [2.05, 4.69) is 48.2 Å². The number of nitrogens with zero attached hydrogens (tertiary/aromatic N) is 4. The van der Waals surface area contributed by atoms with Crippen molar-refractivity contribution in [1.82, 2.24) is 24.8 Å². The van der Waals surface area contributed by atoms with Gasteiger partial charge in [-0.3, -0.25) is 14.7 Å². The lowest BCUT2D eigenvalue weighted by Gasteiger charge is -2.41. The fourth-order valence-corrected chi connectivity index (χ4v) is 7.51. The van der Waals surface area contributed by atoms with Crippen molar-refractivity contribution in [3.8, 4) is 0 Å². The van der Waals surface area contributed by atoms with Crippen LogP contribution in [-0.2, 0) is 28.9 Å². The number of rotatable bonds is 7. The minimum atomic E-state index is -0.636. The number of piperidine rings is 1. The molecule has 8 nitrogen and oxygen atoms in total. The Labute approximate surface area is 256 Å². The monoisotopic (exact) mass is 691 g/mol. The first-order chi connectivity index (χ1) is 19.4. The molecule has 1 fully saturated rings. The number of imidazole rings is 1. The van der Waals surface area contributed by atoms with Gasteiger partial charge in [0.2, 0.25) is 5.91 Å². The summed E-state index contributed by atoms with van der Waals surface area (Å²) >= 11 is 13.9. The summed E-state index contributed by atoms with van der Waals surface area (Å²) in [5.74, 6) is -0.126. The predicted molar refractivity (Wildman–Crippen MR) is 160 cm³/mol. The van der Waals surface area contributed by atoms with Crippen molar-refractivity contribution in [3.05, 3.63) is 79.5 Å². The van der Waals surface area contributed by atoms with E-state index in [1.807, 2.05) is 29.1 Å². The number of aryl methyl sites for hydroxylation is 3. The molecule has 2 amide bonds. The van der Waals surface area contributed by atoms with Gasteiger partial charge in [0.1, 0.15) is 6.04 Å². The van der Waals surface area contributed by atoms with Crippen molar-refractivity contribution in [3.63, 3.8) is 0 Å². The molecule has 2 unspecified atom stereocenters. The normalized spacial score (nSPS) is 20.3. The lowest BCUT2D eigenvalue weighted by molar-refractivity contribution is -0.127. The summed E-state index contributed by atoms with van der Waals surface area (Å²) in [7, 11) is 0. The number of aromatic nitrogens is 3. The highest BCUT2D eigenvalue weighted by Gasteiger charge is 2.42. The Hall–Kier alpha value is -2.43. The van der Waals surface area contributed by atoms with Crippen molar-refractivity contribution in [2.75, 3.05) is 19.7 Å². The van der Waals surface area contributed by atoms with Gasteiger partial charge < -0.3 is 14.6 Å². The SMILES string of the molecule is CCOC(=O)N1CCC([C@H]2c3ncc(Br)cc3CCc3cc(Cl)cc(Br)c32)CC1C(=O)NCCCn1ccnc1. The predicted octanol–water partition coefficient (Wildman–Crippen LogP) is 6.13. The Morgan fingerprint density at radius 3 is 2.80 bits per heavy atom. The number of ether oxygens (including phenoxy) is 1. The molecule has 1 aromatic carbocycles. The summed E-state index contributed by atoms with van der Waals surface area (Å²) < 4.78 is 9.22. The quantitative estimate of drug-likeness (QED) is 0.301. The van der Waals surface area contributed by atoms with Crippen LogP contribution in [0.3, 0.4) is 0 Å². The number of benzene rings is 1. The van der Waals surface area contributed by atoms with Gasteiger partial charge in [0.15, 0.2) is 0 Å². The molecule has 3 heterocycles. The van der Waals surface area contributed by atoms with E-state index in [1.54, 1.807) is 24.3 Å². The maximum Gasteiger partial charge on any atom is 0.410 e. The van der Waals surface area contributed by atoms with Gasteiger partial charge in [-0.1, -0.05) is 27.5 Å². The maximum absolute atomic E-state index is 13.6. The van der Waals surface area contributed by atoms with Crippen LogP contribution in [0.15, 0.2) is 52.1 Å². The molecule has 0 spiro atoms. The smallest absolute Gasteiger partial charge is 0.410 e. The summed E-state index contributed by atoms with van der Waals surface area (Å²) in [6.07, 6.45) is 10.5. The number of hydrogen-bond donors (Lipinski definition) is 1. The van der Waals surface area contributed by atoms with E-state index in [1.165, 1.54) is 16.7 Å². The molecule has 3 atom stereocenters. The third-order valence-corrected chi connectivity index (χ3v) is 9.10. The van der Waals surface area contributed by atoms with Crippen LogP contribution in [0.4, 0.5) is 4.79 Å². The topological polar surface area (TPSA) is 89.4 Å². The molecule has 0 saturated carbocycles. The van der Waals surface area contributed by atoms with Crippen molar-refractivity contribution in [2.24, 2.45) is 5.92 Å². The summed E-state index contributed by atoms with van der Waals surface area (Å²) in [5.41, 5.74) is 4.57. The summed E-state index contributed by atoms with van der Waals surface area (Å²) in [6, 6.07) is 5.50. The highest BCUT2D eigenvalue weighted by molar-refractivity contribution is 9.10. The Balaban J connectivity index is 1.44. The average Bonchev–Trinajstić information content (AvgIpc) is 3.40. The van der Waals surface area contributed by atoms with Crippen LogP contribution >= 0.6 is 43.5 Å². The van der Waals surface area contributed by atoms with Gasteiger partial charge in [0.05, 0.1) is 18.6 Å². The molecule has 3 aromatic rings. The molecule has 0 bridgehead atoms. The molecule has 1 saturated heterocycles. The van der Waals surface area contributed by atoms with E-state index in [0.717, 1.165) is 46.9 Å². The Kier molecular flexibility index (Phi) is 9.48. The van der Waals surface area contributed by atoms with Crippen LogP contribution in [0.1, 0.15) is 54.5 Å². The second-order valence-electron chi connectivity index (χ2n) is 10.3. The minimum Gasteiger partial charge on any atom is -0.450 e. The van der Waals surface area contributed by atoms with Crippen LogP contribution in [0.2, 0.25) is 5.02 Å². The number of likely N-dealkylation sites (tertiary alicyclic amines) is 1. The van der Waals surface area contributed by atoms with E-state index in [4.69, 9.17) is 21.3 Å².